The Morgan fingerprint density at radius 3 is 2.29 bits per heavy atom. The molecule has 1 unspecified atom stereocenters. The Morgan fingerprint density at radius 2 is 1.59 bits per heavy atom. The van der Waals surface area contributed by atoms with Gasteiger partial charge in [-0.15, -0.1) is 0 Å². The third kappa shape index (κ3) is 7.66. The standard InChI is InChI=1S/C32H47F5O3S/c1-30-17-15-26-25-12-11-24(38)21-23(25)20-22(29(26)27(30)13-14-28(30)39)10-7-5-3-2-4-6-8-18-41(40)19-9-16-31(33,34)32(35,36)37/h11-12,21-22,26-29,38-39H,2-10,13-20H2,1H3/t22-,26+,27-,28-,29+,30+,41?/m0/s1. The highest BCUT2D eigenvalue weighted by Gasteiger charge is 2.57. The van der Waals surface area contributed by atoms with Crippen LogP contribution in [0.1, 0.15) is 114 Å². The first-order valence-electron chi connectivity index (χ1n) is 15.6. The molecular weight excluding hydrogens is 559 g/mol. The molecule has 41 heavy (non-hydrogen) atoms. The lowest BCUT2D eigenvalue weighted by Gasteiger charge is -2.53. The number of fused-ring (bicyclic) bond motifs is 5. The largest absolute Gasteiger partial charge is 0.508 e. The zero-order valence-corrected chi connectivity index (χ0v) is 25.1. The first-order valence-corrected chi connectivity index (χ1v) is 17.1. The van der Waals surface area contributed by atoms with Gasteiger partial charge in [0.15, 0.2) is 0 Å². The molecule has 3 aliphatic rings. The van der Waals surface area contributed by atoms with Crippen LogP contribution in [0.15, 0.2) is 18.2 Å². The van der Waals surface area contributed by atoms with Crippen molar-refractivity contribution >= 4 is 10.8 Å². The second-order valence-electron chi connectivity index (χ2n) is 13.2. The zero-order chi connectivity index (χ0) is 29.8. The molecule has 1 aromatic carbocycles. The molecule has 9 heteroatoms. The highest BCUT2D eigenvalue weighted by Crippen LogP contribution is 2.62. The highest BCUT2D eigenvalue weighted by atomic mass is 32.2. The van der Waals surface area contributed by atoms with Gasteiger partial charge in [-0.3, -0.25) is 4.21 Å². The van der Waals surface area contributed by atoms with Gasteiger partial charge in [-0.05, 0) is 104 Å². The Balaban J connectivity index is 1.15. The number of unbranched alkanes of at least 4 members (excludes halogenated alkanes) is 6. The maximum atomic E-state index is 13.0. The molecule has 0 saturated heterocycles. The van der Waals surface area contributed by atoms with Crippen molar-refractivity contribution in [1.82, 2.24) is 0 Å². The lowest BCUT2D eigenvalue weighted by molar-refractivity contribution is -0.284. The van der Waals surface area contributed by atoms with Gasteiger partial charge < -0.3 is 10.2 Å². The number of hydrogen-bond donors (Lipinski definition) is 2. The van der Waals surface area contributed by atoms with E-state index in [4.69, 9.17) is 0 Å². The molecule has 0 radical (unpaired) electrons. The van der Waals surface area contributed by atoms with Gasteiger partial charge in [0.2, 0.25) is 0 Å². The summed E-state index contributed by atoms with van der Waals surface area (Å²) in [5.41, 5.74) is 2.73. The van der Waals surface area contributed by atoms with Crippen LogP contribution < -0.4 is 0 Å². The summed E-state index contributed by atoms with van der Waals surface area (Å²) in [6.07, 6.45) is 5.97. The van der Waals surface area contributed by atoms with Gasteiger partial charge in [-0.25, -0.2) is 0 Å². The number of aromatic hydroxyl groups is 1. The molecule has 0 spiro atoms. The van der Waals surface area contributed by atoms with E-state index < -0.39 is 35.7 Å². The summed E-state index contributed by atoms with van der Waals surface area (Å²) in [5.74, 6) is -1.91. The average Bonchev–Trinajstić information content (AvgIpc) is 3.20. The van der Waals surface area contributed by atoms with Gasteiger partial charge in [0, 0.05) is 28.7 Å². The van der Waals surface area contributed by atoms with Crippen LogP contribution in [0.4, 0.5) is 22.0 Å². The van der Waals surface area contributed by atoms with E-state index in [0.717, 1.165) is 77.0 Å². The van der Waals surface area contributed by atoms with Crippen LogP contribution in [0.3, 0.4) is 0 Å². The third-order valence-electron chi connectivity index (χ3n) is 10.6. The molecule has 234 valence electrons. The summed E-state index contributed by atoms with van der Waals surface area (Å²) in [6.45, 7) is 2.30. The van der Waals surface area contributed by atoms with Crippen molar-refractivity contribution in [1.29, 1.82) is 0 Å². The van der Waals surface area contributed by atoms with Crippen LogP contribution in [-0.4, -0.2) is 44.1 Å². The summed E-state index contributed by atoms with van der Waals surface area (Å²) in [6, 6.07) is 5.92. The molecule has 2 saturated carbocycles. The van der Waals surface area contributed by atoms with E-state index >= 15 is 0 Å². The quantitative estimate of drug-likeness (QED) is 0.165. The van der Waals surface area contributed by atoms with Crippen molar-refractivity contribution in [2.45, 2.75) is 127 Å². The number of rotatable bonds is 14. The predicted molar refractivity (Wildman–Crippen MR) is 153 cm³/mol. The zero-order valence-electron chi connectivity index (χ0n) is 24.2. The van der Waals surface area contributed by atoms with Crippen molar-refractivity contribution in [3.05, 3.63) is 29.3 Å². The number of aliphatic hydroxyl groups is 1. The molecule has 4 rings (SSSR count). The minimum absolute atomic E-state index is 0.0195. The number of phenols is 1. The lowest BCUT2D eigenvalue weighted by atomic mass is 9.52. The number of benzene rings is 1. The Bertz CT molecular complexity index is 1030. The fraction of sp³-hybridized carbons (Fsp3) is 0.812. The number of hydrogen-bond acceptors (Lipinski definition) is 3. The van der Waals surface area contributed by atoms with E-state index in [0.29, 0.717) is 41.6 Å². The lowest BCUT2D eigenvalue weighted by Crippen LogP contribution is -2.47. The van der Waals surface area contributed by atoms with E-state index in [1.165, 1.54) is 11.1 Å². The molecule has 3 nitrogen and oxygen atoms in total. The van der Waals surface area contributed by atoms with Gasteiger partial charge in [0.25, 0.3) is 0 Å². The van der Waals surface area contributed by atoms with Crippen molar-refractivity contribution in [2.24, 2.45) is 23.2 Å². The van der Waals surface area contributed by atoms with Crippen LogP contribution in [0.5, 0.6) is 5.75 Å². The molecule has 1 aromatic rings. The smallest absolute Gasteiger partial charge is 0.453 e. The van der Waals surface area contributed by atoms with Gasteiger partial charge in [0.05, 0.1) is 6.10 Å². The van der Waals surface area contributed by atoms with Crippen LogP contribution in [-0.2, 0) is 17.2 Å². The summed E-state index contributed by atoms with van der Waals surface area (Å²) >= 11 is 0. The normalized spacial score (nSPS) is 30.5. The van der Waals surface area contributed by atoms with Crippen molar-refractivity contribution in [3.8, 4) is 5.75 Å². The van der Waals surface area contributed by atoms with E-state index in [1.807, 2.05) is 12.1 Å². The molecule has 2 N–H and O–H groups in total. The van der Waals surface area contributed by atoms with E-state index in [-0.39, 0.29) is 17.3 Å². The number of alkyl halides is 5. The molecule has 0 heterocycles. The molecule has 7 atom stereocenters. The summed E-state index contributed by atoms with van der Waals surface area (Å²) in [4.78, 5) is 0. The monoisotopic (exact) mass is 606 g/mol. The maximum Gasteiger partial charge on any atom is 0.453 e. The first-order chi connectivity index (χ1) is 19.3. The molecule has 3 aliphatic carbocycles. The maximum absolute atomic E-state index is 13.0. The molecular formula is C32H47F5O3S. The van der Waals surface area contributed by atoms with E-state index in [2.05, 4.69) is 13.0 Å². The Kier molecular flexibility index (Phi) is 10.8. The van der Waals surface area contributed by atoms with Gasteiger partial charge in [0.1, 0.15) is 5.75 Å². The average molecular weight is 607 g/mol. The minimum atomic E-state index is -5.54. The molecule has 0 aliphatic heterocycles. The van der Waals surface area contributed by atoms with Crippen LogP contribution >= 0.6 is 0 Å². The molecule has 0 bridgehead atoms. The first kappa shape index (κ1) is 32.7. The SMILES string of the molecule is C[C@@]12CC[C@@H]3c4ccc(O)cc4C[C@H](CCCCCCCCCS(=O)CCCC(F)(F)C(F)(F)F)[C@H]3[C@@H]1CC[C@@H]2O. The fourth-order valence-corrected chi connectivity index (χ4v) is 9.48. The van der Waals surface area contributed by atoms with Crippen LogP contribution in [0.2, 0.25) is 0 Å². The van der Waals surface area contributed by atoms with Crippen LogP contribution in [0.25, 0.3) is 0 Å². The Hall–Kier alpha value is -1.22. The second kappa shape index (κ2) is 13.6. The summed E-state index contributed by atoms with van der Waals surface area (Å²) in [7, 11) is -1.35. The summed E-state index contributed by atoms with van der Waals surface area (Å²) in [5, 5.41) is 21.0. The van der Waals surface area contributed by atoms with Crippen LogP contribution in [0, 0.1) is 23.2 Å². The fourth-order valence-electron chi connectivity index (χ4n) is 8.28. The van der Waals surface area contributed by atoms with Crippen molar-refractivity contribution < 1.29 is 36.4 Å². The predicted octanol–water partition coefficient (Wildman–Crippen LogP) is 8.68. The number of phenolic OH excluding ortho intramolecular Hbond substituents is 1. The molecule has 0 amide bonds. The summed E-state index contributed by atoms with van der Waals surface area (Å²) < 4.78 is 74.5. The highest BCUT2D eigenvalue weighted by molar-refractivity contribution is 7.84. The van der Waals surface area contributed by atoms with Gasteiger partial charge >= 0.3 is 12.1 Å². The topological polar surface area (TPSA) is 57.5 Å². The third-order valence-corrected chi connectivity index (χ3v) is 12.0. The molecule has 2 fully saturated rings. The van der Waals surface area contributed by atoms with E-state index in [1.54, 1.807) is 0 Å². The van der Waals surface area contributed by atoms with Gasteiger partial charge in [-0.1, -0.05) is 51.5 Å². The Morgan fingerprint density at radius 1 is 0.927 bits per heavy atom. The number of aliphatic hydroxyl groups excluding tert-OH is 1. The van der Waals surface area contributed by atoms with Gasteiger partial charge in [-0.2, -0.15) is 22.0 Å². The van der Waals surface area contributed by atoms with Crippen molar-refractivity contribution in [2.75, 3.05) is 11.5 Å². The second-order valence-corrected chi connectivity index (χ2v) is 14.9. The van der Waals surface area contributed by atoms with E-state index in [9.17, 15) is 36.4 Å². The molecule has 0 aromatic heterocycles. The Labute approximate surface area is 244 Å². The minimum Gasteiger partial charge on any atom is -0.508 e. The number of halogens is 5. The van der Waals surface area contributed by atoms with Crippen molar-refractivity contribution in [3.63, 3.8) is 0 Å².